The lowest BCUT2D eigenvalue weighted by Gasteiger charge is -2.19. The van der Waals surface area contributed by atoms with E-state index in [0.29, 0.717) is 5.92 Å². The Morgan fingerprint density at radius 2 is 2.00 bits per heavy atom. The zero-order valence-corrected chi connectivity index (χ0v) is 8.18. The molecule has 1 aliphatic rings. The Balaban J connectivity index is 2.57. The quantitative estimate of drug-likeness (QED) is 0.512. The van der Waals surface area contributed by atoms with Gasteiger partial charge in [0.15, 0.2) is 0 Å². The first kappa shape index (κ1) is 9.57. The third kappa shape index (κ3) is 2.51. The third-order valence-corrected chi connectivity index (χ3v) is 2.86. The minimum atomic E-state index is 0.676. The summed E-state index contributed by atoms with van der Waals surface area (Å²) in [6.07, 6.45) is 12.6. The van der Waals surface area contributed by atoms with Crippen LogP contribution >= 0.6 is 0 Å². The van der Waals surface area contributed by atoms with Gasteiger partial charge in [-0.15, -0.1) is 6.58 Å². The van der Waals surface area contributed by atoms with E-state index in [9.17, 15) is 0 Å². The molecule has 0 bridgehead atoms. The van der Waals surface area contributed by atoms with Gasteiger partial charge in [0.2, 0.25) is 0 Å². The molecule has 1 aliphatic carbocycles. The molecule has 12 heavy (non-hydrogen) atoms. The molecule has 0 aromatic rings. The monoisotopic (exact) mass is 164 g/mol. The molecular formula is C12H20. The number of hydrogen-bond acceptors (Lipinski definition) is 0. The van der Waals surface area contributed by atoms with Crippen molar-refractivity contribution in [3.05, 3.63) is 24.3 Å². The predicted molar refractivity (Wildman–Crippen MR) is 55.1 cm³/mol. The lowest BCUT2D eigenvalue weighted by atomic mass is 9.86. The number of hydrogen-bond donors (Lipinski definition) is 0. The van der Waals surface area contributed by atoms with E-state index >= 15 is 0 Å². The molecule has 0 heterocycles. The van der Waals surface area contributed by atoms with Crippen molar-refractivity contribution in [1.29, 1.82) is 0 Å². The zero-order chi connectivity index (χ0) is 8.81. The molecule has 0 aromatic carbocycles. The van der Waals surface area contributed by atoms with Crippen LogP contribution < -0.4 is 0 Å². The molecule has 1 atom stereocenters. The summed E-state index contributed by atoms with van der Waals surface area (Å²) >= 11 is 0. The molecular weight excluding hydrogens is 144 g/mol. The largest absolute Gasteiger partial charge is 0.102 e. The van der Waals surface area contributed by atoms with Crippen LogP contribution in [0.2, 0.25) is 0 Å². The number of rotatable bonds is 1. The highest BCUT2D eigenvalue weighted by molar-refractivity contribution is 5.11. The van der Waals surface area contributed by atoms with Gasteiger partial charge in [-0.25, -0.2) is 0 Å². The van der Waals surface area contributed by atoms with Crippen molar-refractivity contribution in [2.45, 2.75) is 45.4 Å². The molecule has 0 aliphatic heterocycles. The van der Waals surface area contributed by atoms with Crippen LogP contribution in [-0.2, 0) is 0 Å². The van der Waals surface area contributed by atoms with E-state index in [-0.39, 0.29) is 0 Å². The smallest absolute Gasteiger partial charge is 0.00261 e. The Kier molecular flexibility index (Phi) is 4.13. The maximum absolute atomic E-state index is 3.91. The maximum atomic E-state index is 3.91. The molecule has 0 nitrogen and oxygen atoms in total. The second-order valence-electron chi connectivity index (χ2n) is 3.66. The van der Waals surface area contributed by atoms with E-state index in [4.69, 9.17) is 0 Å². The van der Waals surface area contributed by atoms with Crippen molar-refractivity contribution in [2.24, 2.45) is 5.92 Å². The highest BCUT2D eigenvalue weighted by Gasteiger charge is 2.11. The first-order valence-electron chi connectivity index (χ1n) is 5.16. The van der Waals surface area contributed by atoms with Gasteiger partial charge in [0, 0.05) is 0 Å². The molecule has 0 amide bonds. The van der Waals surface area contributed by atoms with Crippen molar-refractivity contribution in [2.75, 3.05) is 0 Å². The van der Waals surface area contributed by atoms with Crippen molar-refractivity contribution in [1.82, 2.24) is 0 Å². The van der Waals surface area contributed by atoms with Crippen LogP contribution in [0.5, 0.6) is 0 Å². The fourth-order valence-electron chi connectivity index (χ4n) is 2.05. The summed E-state index contributed by atoms with van der Waals surface area (Å²) in [7, 11) is 0. The van der Waals surface area contributed by atoms with Gasteiger partial charge in [-0.2, -0.15) is 0 Å². The van der Waals surface area contributed by atoms with Crippen molar-refractivity contribution in [3.8, 4) is 0 Å². The van der Waals surface area contributed by atoms with Gasteiger partial charge >= 0.3 is 0 Å². The number of allylic oxidation sites excluding steroid dienone is 3. The standard InChI is InChI=1S/C12H20/c1-3-11-9-7-5-6-8-10-12(11)4-2/h3-4,11H,1,5-10H2,2H3/b12-4+/t11-/m1/s1. The summed E-state index contributed by atoms with van der Waals surface area (Å²) in [5.41, 5.74) is 1.62. The molecule has 0 heteroatoms. The first-order valence-corrected chi connectivity index (χ1v) is 5.16. The van der Waals surface area contributed by atoms with Crippen LogP contribution in [0.4, 0.5) is 0 Å². The maximum Gasteiger partial charge on any atom is -0.00261 e. The Bertz CT molecular complexity index is 165. The Labute approximate surface area is 76.4 Å². The van der Waals surface area contributed by atoms with E-state index in [1.54, 1.807) is 5.57 Å². The molecule has 0 saturated heterocycles. The molecule has 0 radical (unpaired) electrons. The van der Waals surface area contributed by atoms with Crippen molar-refractivity contribution in [3.63, 3.8) is 0 Å². The summed E-state index contributed by atoms with van der Waals surface area (Å²) in [6, 6.07) is 0. The molecule has 1 saturated carbocycles. The SMILES string of the molecule is C=C[C@@H]1CCCCCC/C1=C\C. The normalized spacial score (nSPS) is 29.4. The van der Waals surface area contributed by atoms with E-state index in [1.807, 2.05) is 0 Å². The summed E-state index contributed by atoms with van der Waals surface area (Å²) in [6.45, 7) is 6.07. The van der Waals surface area contributed by atoms with Crippen LogP contribution in [0.3, 0.4) is 0 Å². The van der Waals surface area contributed by atoms with E-state index in [0.717, 1.165) is 0 Å². The van der Waals surface area contributed by atoms with Crippen LogP contribution in [0.25, 0.3) is 0 Å². The fourth-order valence-corrected chi connectivity index (χ4v) is 2.05. The molecule has 0 spiro atoms. The van der Waals surface area contributed by atoms with Gasteiger partial charge in [0.25, 0.3) is 0 Å². The molecule has 0 aromatic heterocycles. The summed E-state index contributed by atoms with van der Waals surface area (Å²) in [5, 5.41) is 0. The highest BCUT2D eigenvalue weighted by atomic mass is 14.2. The highest BCUT2D eigenvalue weighted by Crippen LogP contribution is 2.27. The van der Waals surface area contributed by atoms with Gasteiger partial charge in [-0.3, -0.25) is 0 Å². The summed E-state index contributed by atoms with van der Waals surface area (Å²) < 4.78 is 0. The van der Waals surface area contributed by atoms with Gasteiger partial charge in [-0.1, -0.05) is 37.0 Å². The Morgan fingerprint density at radius 3 is 2.67 bits per heavy atom. The second kappa shape index (κ2) is 5.18. The van der Waals surface area contributed by atoms with E-state index in [2.05, 4.69) is 25.7 Å². The van der Waals surface area contributed by atoms with E-state index < -0.39 is 0 Å². The summed E-state index contributed by atoms with van der Waals surface area (Å²) in [5.74, 6) is 0.676. The topological polar surface area (TPSA) is 0 Å². The fraction of sp³-hybridized carbons (Fsp3) is 0.667. The van der Waals surface area contributed by atoms with Gasteiger partial charge < -0.3 is 0 Å². The van der Waals surface area contributed by atoms with Crippen molar-refractivity contribution >= 4 is 0 Å². The van der Waals surface area contributed by atoms with Crippen LogP contribution in [-0.4, -0.2) is 0 Å². The van der Waals surface area contributed by atoms with Gasteiger partial charge in [-0.05, 0) is 32.1 Å². The molecule has 0 N–H and O–H groups in total. The van der Waals surface area contributed by atoms with E-state index in [1.165, 1.54) is 38.5 Å². The average molecular weight is 164 g/mol. The molecule has 1 rings (SSSR count). The van der Waals surface area contributed by atoms with Gasteiger partial charge in [0.1, 0.15) is 0 Å². The molecule has 0 unspecified atom stereocenters. The Morgan fingerprint density at radius 1 is 1.25 bits per heavy atom. The molecule has 1 fully saturated rings. The second-order valence-corrected chi connectivity index (χ2v) is 3.66. The lowest BCUT2D eigenvalue weighted by molar-refractivity contribution is 0.514. The van der Waals surface area contributed by atoms with Crippen LogP contribution in [0.1, 0.15) is 45.4 Å². The van der Waals surface area contributed by atoms with Crippen LogP contribution in [0, 0.1) is 5.92 Å². The van der Waals surface area contributed by atoms with Crippen LogP contribution in [0.15, 0.2) is 24.3 Å². The molecule has 68 valence electrons. The Hall–Kier alpha value is -0.520. The lowest BCUT2D eigenvalue weighted by Crippen LogP contribution is -2.04. The minimum absolute atomic E-state index is 0.676. The first-order chi connectivity index (χ1) is 5.88. The average Bonchev–Trinajstić information content (AvgIpc) is 2.05. The van der Waals surface area contributed by atoms with Crippen molar-refractivity contribution < 1.29 is 0 Å². The zero-order valence-electron chi connectivity index (χ0n) is 8.18. The van der Waals surface area contributed by atoms with Gasteiger partial charge in [0.05, 0.1) is 0 Å². The third-order valence-electron chi connectivity index (χ3n) is 2.86. The summed E-state index contributed by atoms with van der Waals surface area (Å²) in [4.78, 5) is 0. The predicted octanol–water partition coefficient (Wildman–Crippen LogP) is 4.09. The minimum Gasteiger partial charge on any atom is -0.102 e.